The van der Waals surface area contributed by atoms with Crippen LogP contribution in [0.3, 0.4) is 0 Å². The molecule has 0 spiro atoms. The van der Waals surface area contributed by atoms with E-state index in [0.717, 1.165) is 39.4 Å². The van der Waals surface area contributed by atoms with Crippen molar-refractivity contribution in [2.75, 3.05) is 18.4 Å². The van der Waals surface area contributed by atoms with Gasteiger partial charge in [0.25, 0.3) is 11.9 Å². The molecule has 0 aliphatic carbocycles. The lowest BCUT2D eigenvalue weighted by Gasteiger charge is -2.39. The van der Waals surface area contributed by atoms with Crippen molar-refractivity contribution < 1.29 is 13.6 Å². The first-order valence-corrected chi connectivity index (χ1v) is 11.9. The van der Waals surface area contributed by atoms with E-state index in [1.807, 2.05) is 36.1 Å². The third-order valence-electron chi connectivity index (χ3n) is 6.18. The highest BCUT2D eigenvalue weighted by atomic mass is 32.1. The number of likely N-dealkylation sites (tertiary alicyclic amines) is 1. The molecule has 0 saturated carbocycles. The highest BCUT2D eigenvalue weighted by Crippen LogP contribution is 2.33. The largest absolute Gasteiger partial charge is 0.424 e. The molecule has 2 atom stereocenters. The quantitative estimate of drug-likeness (QED) is 0.407. The molecular formula is C25H25FN4O2S. The molecule has 4 aromatic rings. The van der Waals surface area contributed by atoms with Crippen molar-refractivity contribution in [2.45, 2.75) is 32.7 Å². The summed E-state index contributed by atoms with van der Waals surface area (Å²) in [7, 11) is 0. The van der Waals surface area contributed by atoms with Gasteiger partial charge < -0.3 is 14.6 Å². The van der Waals surface area contributed by atoms with Gasteiger partial charge in [-0.1, -0.05) is 31.2 Å². The van der Waals surface area contributed by atoms with Gasteiger partial charge in [-0.15, -0.1) is 11.3 Å². The van der Waals surface area contributed by atoms with E-state index < -0.39 is 0 Å². The molecule has 8 heteroatoms. The summed E-state index contributed by atoms with van der Waals surface area (Å²) in [5, 5.41) is 4.11. The fourth-order valence-electron chi connectivity index (χ4n) is 4.46. The number of amides is 1. The first-order chi connectivity index (χ1) is 16.0. The first kappa shape index (κ1) is 21.6. The maximum atomic E-state index is 13.7. The summed E-state index contributed by atoms with van der Waals surface area (Å²) in [5.41, 5.74) is 2.76. The standard InChI is InChI=1S/C25H25FN4O2S/c1-15-6-5-13-30(20(15)14-27-25-29-19-7-3-4-8-21(19)32-25)24(31)22-23(33-16(2)28-22)17-9-11-18(26)12-10-17/h3-4,7-12,15,20H,5-6,13-14H2,1-2H3,(H,27,29)/t15-,20?/m0/s1. The van der Waals surface area contributed by atoms with Gasteiger partial charge in [0, 0.05) is 13.1 Å². The molecule has 2 aromatic carbocycles. The second-order valence-corrected chi connectivity index (χ2v) is 9.67. The molecule has 2 aromatic heterocycles. The highest BCUT2D eigenvalue weighted by Gasteiger charge is 2.34. The topological polar surface area (TPSA) is 71.3 Å². The van der Waals surface area contributed by atoms with Gasteiger partial charge in [-0.3, -0.25) is 4.79 Å². The minimum Gasteiger partial charge on any atom is -0.424 e. The Bertz CT molecular complexity index is 1250. The second kappa shape index (κ2) is 8.94. The summed E-state index contributed by atoms with van der Waals surface area (Å²) in [5.74, 6) is -0.0776. The maximum Gasteiger partial charge on any atom is 0.295 e. The predicted molar refractivity (Wildman–Crippen MR) is 128 cm³/mol. The van der Waals surface area contributed by atoms with Crippen LogP contribution in [0.2, 0.25) is 0 Å². The number of para-hydroxylation sites is 2. The smallest absolute Gasteiger partial charge is 0.295 e. The zero-order chi connectivity index (χ0) is 22.9. The number of anilines is 1. The molecule has 1 aliphatic heterocycles. The summed E-state index contributed by atoms with van der Waals surface area (Å²) in [6.45, 7) is 5.27. The van der Waals surface area contributed by atoms with Crippen LogP contribution < -0.4 is 5.32 Å². The normalized spacial score (nSPS) is 18.6. The van der Waals surface area contributed by atoms with E-state index in [1.165, 1.54) is 23.5 Å². The Morgan fingerprint density at radius 1 is 1.21 bits per heavy atom. The van der Waals surface area contributed by atoms with Crippen LogP contribution in [0.5, 0.6) is 0 Å². The van der Waals surface area contributed by atoms with Crippen molar-refractivity contribution in [3.05, 3.63) is 65.0 Å². The van der Waals surface area contributed by atoms with Gasteiger partial charge in [0.15, 0.2) is 5.58 Å². The summed E-state index contributed by atoms with van der Waals surface area (Å²) >= 11 is 1.46. The van der Waals surface area contributed by atoms with Crippen molar-refractivity contribution in [1.82, 2.24) is 14.9 Å². The number of nitrogens with one attached hydrogen (secondary N) is 1. The van der Waals surface area contributed by atoms with Crippen LogP contribution in [0.4, 0.5) is 10.4 Å². The second-order valence-electron chi connectivity index (χ2n) is 8.47. The fraction of sp³-hybridized carbons (Fsp3) is 0.320. The van der Waals surface area contributed by atoms with E-state index in [4.69, 9.17) is 4.42 Å². The van der Waals surface area contributed by atoms with Crippen LogP contribution in [-0.2, 0) is 0 Å². The van der Waals surface area contributed by atoms with E-state index in [-0.39, 0.29) is 17.8 Å². The number of aromatic nitrogens is 2. The molecule has 0 radical (unpaired) electrons. The van der Waals surface area contributed by atoms with Crippen molar-refractivity contribution in [3.8, 4) is 10.4 Å². The molecule has 3 heterocycles. The maximum absolute atomic E-state index is 13.7. The minimum absolute atomic E-state index is 0.0238. The van der Waals surface area contributed by atoms with E-state index in [9.17, 15) is 9.18 Å². The molecular weight excluding hydrogens is 439 g/mol. The lowest BCUT2D eigenvalue weighted by atomic mass is 9.90. The number of benzene rings is 2. The number of thiazole rings is 1. The summed E-state index contributed by atoms with van der Waals surface area (Å²) in [6.07, 6.45) is 1.99. The average Bonchev–Trinajstić information content (AvgIpc) is 3.41. The molecule has 1 saturated heterocycles. The molecule has 1 fully saturated rings. The molecule has 1 N–H and O–H groups in total. The van der Waals surface area contributed by atoms with Gasteiger partial charge in [0.05, 0.1) is 15.9 Å². The number of rotatable bonds is 5. The minimum atomic E-state index is -0.303. The predicted octanol–water partition coefficient (Wildman–Crippen LogP) is 5.75. The number of hydrogen-bond acceptors (Lipinski definition) is 6. The van der Waals surface area contributed by atoms with E-state index >= 15 is 0 Å². The summed E-state index contributed by atoms with van der Waals surface area (Å²) < 4.78 is 19.2. The fourth-order valence-corrected chi connectivity index (χ4v) is 5.37. The molecule has 170 valence electrons. The van der Waals surface area contributed by atoms with Gasteiger partial charge in [0.1, 0.15) is 17.0 Å². The van der Waals surface area contributed by atoms with Gasteiger partial charge in [-0.25, -0.2) is 9.37 Å². The molecule has 1 aliphatic rings. The lowest BCUT2D eigenvalue weighted by Crippen LogP contribution is -2.51. The summed E-state index contributed by atoms with van der Waals surface area (Å²) in [4.78, 5) is 25.5. The Hall–Kier alpha value is -3.26. The van der Waals surface area contributed by atoms with Crippen LogP contribution in [-0.4, -0.2) is 39.9 Å². The SMILES string of the molecule is Cc1nc(C(=O)N2CCC[C@H](C)C2CNc2nc3ccccc3o2)c(-c2ccc(F)cc2)s1. The van der Waals surface area contributed by atoms with Gasteiger partial charge in [0.2, 0.25) is 0 Å². The monoisotopic (exact) mass is 464 g/mol. The Labute approximate surface area is 195 Å². The number of halogens is 1. The average molecular weight is 465 g/mol. The van der Waals surface area contributed by atoms with E-state index in [1.54, 1.807) is 12.1 Å². The van der Waals surface area contributed by atoms with Crippen LogP contribution in [0.1, 0.15) is 35.3 Å². The highest BCUT2D eigenvalue weighted by molar-refractivity contribution is 7.15. The number of oxazole rings is 1. The third kappa shape index (κ3) is 4.35. The van der Waals surface area contributed by atoms with Gasteiger partial charge in [-0.2, -0.15) is 4.98 Å². The lowest BCUT2D eigenvalue weighted by molar-refractivity contribution is 0.0534. The zero-order valence-corrected chi connectivity index (χ0v) is 19.4. The number of piperidine rings is 1. The Balaban J connectivity index is 1.39. The van der Waals surface area contributed by atoms with Crippen LogP contribution in [0, 0.1) is 18.7 Å². The number of hydrogen-bond donors (Lipinski definition) is 1. The summed E-state index contributed by atoms with van der Waals surface area (Å²) in [6, 6.07) is 14.3. The number of carbonyl (C=O) groups is 1. The number of fused-ring (bicyclic) bond motifs is 1. The van der Waals surface area contributed by atoms with Crippen LogP contribution >= 0.6 is 11.3 Å². The molecule has 1 unspecified atom stereocenters. The molecule has 33 heavy (non-hydrogen) atoms. The van der Waals surface area contributed by atoms with Crippen LogP contribution in [0.15, 0.2) is 52.9 Å². The van der Waals surface area contributed by atoms with Crippen LogP contribution in [0.25, 0.3) is 21.5 Å². The van der Waals surface area contributed by atoms with Crippen molar-refractivity contribution >= 4 is 34.4 Å². The Morgan fingerprint density at radius 2 is 2.00 bits per heavy atom. The van der Waals surface area contributed by atoms with Crippen molar-refractivity contribution in [3.63, 3.8) is 0 Å². The van der Waals surface area contributed by atoms with Crippen molar-refractivity contribution in [1.29, 1.82) is 0 Å². The Kier molecular flexibility index (Phi) is 5.85. The third-order valence-corrected chi connectivity index (χ3v) is 7.20. The molecule has 5 rings (SSSR count). The Morgan fingerprint density at radius 3 is 2.79 bits per heavy atom. The van der Waals surface area contributed by atoms with Crippen molar-refractivity contribution in [2.24, 2.45) is 5.92 Å². The van der Waals surface area contributed by atoms with E-state index in [2.05, 4.69) is 22.2 Å². The number of aryl methyl sites for hydroxylation is 1. The number of carbonyl (C=O) groups excluding carboxylic acids is 1. The molecule has 6 nitrogen and oxygen atoms in total. The number of nitrogens with zero attached hydrogens (tertiary/aromatic N) is 3. The zero-order valence-electron chi connectivity index (χ0n) is 18.5. The molecule has 1 amide bonds. The molecule has 0 bridgehead atoms. The first-order valence-electron chi connectivity index (χ1n) is 11.1. The van der Waals surface area contributed by atoms with Gasteiger partial charge >= 0.3 is 0 Å². The van der Waals surface area contributed by atoms with Gasteiger partial charge in [-0.05, 0) is 55.5 Å². The van der Waals surface area contributed by atoms with E-state index in [0.29, 0.717) is 30.7 Å².